The molecule has 1 aromatic carbocycles. The van der Waals surface area contributed by atoms with Crippen molar-refractivity contribution in [3.63, 3.8) is 0 Å². The molecular formula is C18H28N2O2. The van der Waals surface area contributed by atoms with Crippen LogP contribution in [0, 0.1) is 0 Å². The van der Waals surface area contributed by atoms with Crippen molar-refractivity contribution in [1.29, 1.82) is 0 Å². The van der Waals surface area contributed by atoms with Crippen LogP contribution in [-0.2, 0) is 21.4 Å². The summed E-state index contributed by atoms with van der Waals surface area (Å²) in [5.41, 5.74) is 7.54. The Balaban J connectivity index is 2.17. The number of ether oxygens (including phenoxy) is 1. The summed E-state index contributed by atoms with van der Waals surface area (Å²) in [6.45, 7) is 8.60. The minimum atomic E-state index is -0.532. The van der Waals surface area contributed by atoms with E-state index in [0.29, 0.717) is 19.7 Å². The van der Waals surface area contributed by atoms with Gasteiger partial charge in [-0.15, -0.1) is 0 Å². The molecule has 0 saturated carbocycles. The zero-order valence-electron chi connectivity index (χ0n) is 14.0. The maximum absolute atomic E-state index is 13.0. The highest BCUT2D eigenvalue weighted by molar-refractivity contribution is 5.87. The standard InChI is InChI=1S/C18H28N2O2/c1-4-14-6-8-15(9-7-14)18(2,3)17(21)20-10-5-11-22-16(12-19)13-20/h6-9,16H,4-5,10-13,19H2,1-3H3/t16-/m0/s1. The molecule has 2 rings (SSSR count). The van der Waals surface area contributed by atoms with Crippen LogP contribution in [0.2, 0.25) is 0 Å². The number of aryl methyl sites for hydroxylation is 1. The molecule has 1 fully saturated rings. The molecule has 22 heavy (non-hydrogen) atoms. The third-order valence-electron chi connectivity index (χ3n) is 4.52. The molecule has 0 spiro atoms. The molecule has 0 radical (unpaired) electrons. The third kappa shape index (κ3) is 3.68. The molecule has 1 amide bonds. The van der Waals surface area contributed by atoms with Crippen molar-refractivity contribution in [2.75, 3.05) is 26.2 Å². The zero-order chi connectivity index (χ0) is 16.2. The van der Waals surface area contributed by atoms with Crippen molar-refractivity contribution in [1.82, 2.24) is 4.90 Å². The van der Waals surface area contributed by atoms with Gasteiger partial charge in [0.25, 0.3) is 0 Å². The Hall–Kier alpha value is -1.39. The fourth-order valence-electron chi connectivity index (χ4n) is 2.90. The molecular weight excluding hydrogens is 276 g/mol. The summed E-state index contributed by atoms with van der Waals surface area (Å²) in [6, 6.07) is 8.37. The number of rotatable bonds is 4. The molecule has 4 heteroatoms. The second kappa shape index (κ2) is 7.25. The second-order valence-electron chi connectivity index (χ2n) is 6.51. The van der Waals surface area contributed by atoms with Crippen molar-refractivity contribution in [3.05, 3.63) is 35.4 Å². The van der Waals surface area contributed by atoms with Gasteiger partial charge in [-0.3, -0.25) is 4.79 Å². The monoisotopic (exact) mass is 304 g/mol. The van der Waals surface area contributed by atoms with Crippen molar-refractivity contribution in [3.8, 4) is 0 Å². The van der Waals surface area contributed by atoms with Gasteiger partial charge in [0.1, 0.15) is 0 Å². The Labute approximate surface area is 133 Å². The van der Waals surface area contributed by atoms with Gasteiger partial charge in [-0.1, -0.05) is 31.2 Å². The van der Waals surface area contributed by atoms with E-state index in [1.165, 1.54) is 5.56 Å². The lowest BCUT2D eigenvalue weighted by Crippen LogP contribution is -2.47. The van der Waals surface area contributed by atoms with E-state index in [1.807, 2.05) is 18.7 Å². The lowest BCUT2D eigenvalue weighted by molar-refractivity contribution is -0.137. The summed E-state index contributed by atoms with van der Waals surface area (Å²) in [4.78, 5) is 14.9. The van der Waals surface area contributed by atoms with Crippen LogP contribution in [-0.4, -0.2) is 43.2 Å². The zero-order valence-corrected chi connectivity index (χ0v) is 14.0. The number of benzene rings is 1. The average molecular weight is 304 g/mol. The molecule has 4 nitrogen and oxygen atoms in total. The Morgan fingerprint density at radius 2 is 2.05 bits per heavy atom. The van der Waals surface area contributed by atoms with Gasteiger partial charge in [-0.2, -0.15) is 0 Å². The molecule has 0 aliphatic carbocycles. The van der Waals surface area contributed by atoms with E-state index in [9.17, 15) is 4.79 Å². The van der Waals surface area contributed by atoms with E-state index in [2.05, 4.69) is 31.2 Å². The van der Waals surface area contributed by atoms with Gasteiger partial charge in [0.15, 0.2) is 0 Å². The topological polar surface area (TPSA) is 55.6 Å². The summed E-state index contributed by atoms with van der Waals surface area (Å²) in [7, 11) is 0. The Kier molecular flexibility index (Phi) is 5.59. The van der Waals surface area contributed by atoms with Crippen LogP contribution in [0.15, 0.2) is 24.3 Å². The lowest BCUT2D eigenvalue weighted by atomic mass is 9.82. The SMILES string of the molecule is CCc1ccc(C(C)(C)C(=O)N2CCCO[C@@H](CN)C2)cc1. The van der Waals surface area contributed by atoms with Gasteiger partial charge in [0.05, 0.1) is 11.5 Å². The highest BCUT2D eigenvalue weighted by Gasteiger charge is 2.35. The second-order valence-corrected chi connectivity index (χ2v) is 6.51. The number of nitrogens with zero attached hydrogens (tertiary/aromatic N) is 1. The number of hydrogen-bond acceptors (Lipinski definition) is 3. The van der Waals surface area contributed by atoms with E-state index in [0.717, 1.165) is 24.9 Å². The van der Waals surface area contributed by atoms with Crippen LogP contribution in [0.5, 0.6) is 0 Å². The van der Waals surface area contributed by atoms with E-state index in [1.54, 1.807) is 0 Å². The fourth-order valence-corrected chi connectivity index (χ4v) is 2.90. The molecule has 1 aliphatic rings. The quantitative estimate of drug-likeness (QED) is 0.927. The van der Waals surface area contributed by atoms with E-state index in [-0.39, 0.29) is 12.0 Å². The Morgan fingerprint density at radius 1 is 1.36 bits per heavy atom. The maximum Gasteiger partial charge on any atom is 0.232 e. The van der Waals surface area contributed by atoms with Gasteiger partial charge < -0.3 is 15.4 Å². The van der Waals surface area contributed by atoms with Crippen molar-refractivity contribution >= 4 is 5.91 Å². The van der Waals surface area contributed by atoms with E-state index in [4.69, 9.17) is 10.5 Å². The summed E-state index contributed by atoms with van der Waals surface area (Å²) < 4.78 is 5.66. The van der Waals surface area contributed by atoms with Gasteiger partial charge in [-0.05, 0) is 37.8 Å². The average Bonchev–Trinajstić information content (AvgIpc) is 2.79. The van der Waals surface area contributed by atoms with Crippen LogP contribution in [0.4, 0.5) is 0 Å². The normalized spacial score (nSPS) is 19.8. The predicted molar refractivity (Wildman–Crippen MR) is 88.8 cm³/mol. The Morgan fingerprint density at radius 3 is 2.64 bits per heavy atom. The number of amides is 1. The minimum Gasteiger partial charge on any atom is -0.375 e. The molecule has 1 heterocycles. The molecule has 1 saturated heterocycles. The molecule has 122 valence electrons. The van der Waals surface area contributed by atoms with E-state index >= 15 is 0 Å². The van der Waals surface area contributed by atoms with Crippen LogP contribution in [0.1, 0.15) is 38.3 Å². The van der Waals surface area contributed by atoms with Gasteiger partial charge in [-0.25, -0.2) is 0 Å². The molecule has 0 bridgehead atoms. The van der Waals surface area contributed by atoms with Crippen molar-refractivity contribution < 1.29 is 9.53 Å². The summed E-state index contributed by atoms with van der Waals surface area (Å²) >= 11 is 0. The van der Waals surface area contributed by atoms with Crippen molar-refractivity contribution in [2.24, 2.45) is 5.73 Å². The minimum absolute atomic E-state index is 0.0512. The fraction of sp³-hybridized carbons (Fsp3) is 0.611. The number of hydrogen-bond donors (Lipinski definition) is 1. The molecule has 0 unspecified atom stereocenters. The molecule has 1 aromatic rings. The van der Waals surface area contributed by atoms with Gasteiger partial charge in [0.2, 0.25) is 5.91 Å². The highest BCUT2D eigenvalue weighted by atomic mass is 16.5. The van der Waals surface area contributed by atoms with E-state index < -0.39 is 5.41 Å². The van der Waals surface area contributed by atoms with Gasteiger partial charge in [0, 0.05) is 26.2 Å². The summed E-state index contributed by atoms with van der Waals surface area (Å²) in [5, 5.41) is 0. The van der Waals surface area contributed by atoms with Gasteiger partial charge >= 0.3 is 0 Å². The largest absolute Gasteiger partial charge is 0.375 e. The molecule has 0 aromatic heterocycles. The number of nitrogens with two attached hydrogens (primary N) is 1. The van der Waals surface area contributed by atoms with Crippen LogP contribution in [0.25, 0.3) is 0 Å². The number of carbonyl (C=O) groups excluding carboxylic acids is 1. The first-order valence-corrected chi connectivity index (χ1v) is 8.19. The van der Waals surface area contributed by atoms with Crippen LogP contribution in [0.3, 0.4) is 0 Å². The maximum atomic E-state index is 13.0. The lowest BCUT2D eigenvalue weighted by Gasteiger charge is -2.32. The summed E-state index contributed by atoms with van der Waals surface area (Å²) in [5.74, 6) is 0.153. The molecule has 1 atom stereocenters. The van der Waals surface area contributed by atoms with Crippen LogP contribution >= 0.6 is 0 Å². The van der Waals surface area contributed by atoms with Crippen molar-refractivity contribution in [2.45, 2.75) is 45.1 Å². The smallest absolute Gasteiger partial charge is 0.232 e. The summed E-state index contributed by atoms with van der Waals surface area (Å²) in [6.07, 6.45) is 1.83. The molecule has 1 aliphatic heterocycles. The first-order chi connectivity index (χ1) is 10.5. The number of carbonyl (C=O) groups is 1. The Bertz CT molecular complexity index is 496. The predicted octanol–water partition coefficient (Wildman–Crippen LogP) is 2.10. The first-order valence-electron chi connectivity index (χ1n) is 8.19. The first kappa shape index (κ1) is 17.0. The third-order valence-corrected chi connectivity index (χ3v) is 4.52. The van der Waals surface area contributed by atoms with Crippen LogP contribution < -0.4 is 5.73 Å². The molecule has 2 N–H and O–H groups in total. The highest BCUT2D eigenvalue weighted by Crippen LogP contribution is 2.27.